The van der Waals surface area contributed by atoms with Crippen molar-refractivity contribution in [2.24, 2.45) is 0 Å². The summed E-state index contributed by atoms with van der Waals surface area (Å²) in [5.41, 5.74) is 0.133. The summed E-state index contributed by atoms with van der Waals surface area (Å²) in [6.45, 7) is -0.124. The van der Waals surface area contributed by atoms with E-state index in [0.717, 1.165) is 11.8 Å². The number of carbonyl (C=O) groups excluding carboxylic acids is 1. The Morgan fingerprint density at radius 2 is 2.07 bits per heavy atom. The molecule has 1 aromatic heterocycles. The van der Waals surface area contributed by atoms with Crippen molar-refractivity contribution in [3.63, 3.8) is 0 Å². The van der Waals surface area contributed by atoms with Gasteiger partial charge in [0.05, 0.1) is 29.5 Å². The minimum absolute atomic E-state index is 0.0568. The number of nitrogens with zero attached hydrogens (tertiary/aromatic N) is 3. The van der Waals surface area contributed by atoms with Gasteiger partial charge in [-0.25, -0.2) is 4.39 Å². The van der Waals surface area contributed by atoms with Gasteiger partial charge in [-0.15, -0.1) is 10.2 Å². The van der Waals surface area contributed by atoms with E-state index in [1.165, 1.54) is 37.4 Å². The number of nitro benzene ring substituents is 1. The lowest BCUT2D eigenvalue weighted by atomic mass is 10.2. The number of rotatable bonds is 9. The molecule has 0 radical (unpaired) electrons. The second-order valence-electron chi connectivity index (χ2n) is 5.66. The van der Waals surface area contributed by atoms with Crippen molar-refractivity contribution in [2.75, 3.05) is 18.2 Å². The summed E-state index contributed by atoms with van der Waals surface area (Å²) >= 11 is 0.984. The number of anilines is 1. The molecule has 0 spiro atoms. The van der Waals surface area contributed by atoms with Crippen LogP contribution in [0.1, 0.15) is 5.89 Å². The van der Waals surface area contributed by atoms with E-state index in [4.69, 9.17) is 13.9 Å². The first-order valence-electron chi connectivity index (χ1n) is 8.41. The fourth-order valence-corrected chi connectivity index (χ4v) is 2.85. The Morgan fingerprint density at radius 3 is 2.80 bits per heavy atom. The number of methoxy groups -OCH3 is 1. The summed E-state index contributed by atoms with van der Waals surface area (Å²) in [4.78, 5) is 22.4. The SMILES string of the molecule is COc1cc([N+](=O)[O-])ccc1NC(=O)CSc1nnc(COc2ccccc2F)o1. The average molecular weight is 434 g/mol. The number of carbonyl (C=O) groups is 1. The van der Waals surface area contributed by atoms with Crippen molar-refractivity contribution in [3.8, 4) is 11.5 Å². The molecule has 10 nitrogen and oxygen atoms in total. The predicted octanol–water partition coefficient (Wildman–Crippen LogP) is 3.44. The molecule has 3 rings (SSSR count). The van der Waals surface area contributed by atoms with Gasteiger partial charge in [0, 0.05) is 6.07 Å². The molecule has 156 valence electrons. The van der Waals surface area contributed by atoms with Crippen LogP contribution in [-0.4, -0.2) is 33.9 Å². The molecule has 1 amide bonds. The standard InChI is InChI=1S/C18H15FN4O6S/c1-27-15-8-11(23(25)26)6-7-13(15)20-16(24)10-30-18-22-21-17(29-18)9-28-14-5-3-2-4-12(14)19/h2-8H,9-10H2,1H3,(H,20,24). The van der Waals surface area contributed by atoms with Crippen LogP contribution in [0.15, 0.2) is 52.1 Å². The minimum Gasteiger partial charge on any atom is -0.494 e. The zero-order chi connectivity index (χ0) is 21.5. The summed E-state index contributed by atoms with van der Waals surface area (Å²) in [6, 6.07) is 9.76. The molecule has 0 aliphatic carbocycles. The molecule has 0 fully saturated rings. The van der Waals surface area contributed by atoms with Crippen LogP contribution in [0.3, 0.4) is 0 Å². The van der Waals surface area contributed by atoms with E-state index in [2.05, 4.69) is 15.5 Å². The van der Waals surface area contributed by atoms with Crippen LogP contribution in [0.2, 0.25) is 0 Å². The van der Waals surface area contributed by atoms with Gasteiger partial charge in [-0.05, 0) is 18.2 Å². The van der Waals surface area contributed by atoms with Gasteiger partial charge in [-0.3, -0.25) is 14.9 Å². The predicted molar refractivity (Wildman–Crippen MR) is 104 cm³/mol. The maximum atomic E-state index is 13.5. The number of aromatic nitrogens is 2. The number of benzene rings is 2. The molecule has 0 atom stereocenters. The van der Waals surface area contributed by atoms with E-state index in [1.54, 1.807) is 12.1 Å². The van der Waals surface area contributed by atoms with Gasteiger partial charge in [0.2, 0.25) is 5.91 Å². The fraction of sp³-hybridized carbons (Fsp3) is 0.167. The van der Waals surface area contributed by atoms with E-state index in [1.807, 2.05) is 0 Å². The van der Waals surface area contributed by atoms with Crippen molar-refractivity contribution >= 4 is 29.0 Å². The Balaban J connectivity index is 1.52. The first kappa shape index (κ1) is 21.0. The minimum atomic E-state index is -0.562. The lowest BCUT2D eigenvalue weighted by Crippen LogP contribution is -2.14. The number of amides is 1. The quantitative estimate of drug-likeness (QED) is 0.306. The molecule has 0 aliphatic rings. The van der Waals surface area contributed by atoms with E-state index in [-0.39, 0.29) is 40.7 Å². The van der Waals surface area contributed by atoms with Crippen molar-refractivity contribution < 1.29 is 28.0 Å². The zero-order valence-electron chi connectivity index (χ0n) is 15.5. The van der Waals surface area contributed by atoms with Crippen molar-refractivity contribution in [1.29, 1.82) is 0 Å². The van der Waals surface area contributed by atoms with Crippen LogP contribution >= 0.6 is 11.8 Å². The third kappa shape index (κ3) is 5.44. The highest BCUT2D eigenvalue weighted by molar-refractivity contribution is 7.99. The van der Waals surface area contributed by atoms with Gasteiger partial charge >= 0.3 is 0 Å². The second-order valence-corrected chi connectivity index (χ2v) is 6.59. The Hall–Kier alpha value is -3.67. The summed E-state index contributed by atoms with van der Waals surface area (Å²) in [6.07, 6.45) is 0. The number of hydrogen-bond acceptors (Lipinski definition) is 9. The number of hydrogen-bond donors (Lipinski definition) is 1. The normalized spacial score (nSPS) is 10.5. The van der Waals surface area contributed by atoms with Crippen molar-refractivity contribution in [1.82, 2.24) is 10.2 Å². The molecular formula is C18H15FN4O6S. The third-order valence-electron chi connectivity index (χ3n) is 3.63. The molecular weight excluding hydrogens is 419 g/mol. The average Bonchev–Trinajstić information content (AvgIpc) is 3.19. The number of non-ortho nitro benzene ring substituents is 1. The van der Waals surface area contributed by atoms with Crippen LogP contribution in [-0.2, 0) is 11.4 Å². The van der Waals surface area contributed by atoms with Crippen LogP contribution in [0.4, 0.5) is 15.8 Å². The molecule has 1 heterocycles. The van der Waals surface area contributed by atoms with Gasteiger partial charge in [-0.2, -0.15) is 0 Å². The van der Waals surface area contributed by atoms with Gasteiger partial charge in [0.15, 0.2) is 18.2 Å². The number of halogens is 1. The molecule has 30 heavy (non-hydrogen) atoms. The third-order valence-corrected chi connectivity index (χ3v) is 4.45. The van der Waals surface area contributed by atoms with Crippen LogP contribution in [0.5, 0.6) is 11.5 Å². The summed E-state index contributed by atoms with van der Waals surface area (Å²) in [5.74, 6) is -0.637. The maximum Gasteiger partial charge on any atom is 0.277 e. The van der Waals surface area contributed by atoms with Gasteiger partial charge in [-0.1, -0.05) is 23.9 Å². The Kier molecular flexibility index (Phi) is 6.80. The van der Waals surface area contributed by atoms with E-state index in [9.17, 15) is 19.3 Å². The number of nitro groups is 1. The van der Waals surface area contributed by atoms with E-state index < -0.39 is 16.6 Å². The zero-order valence-corrected chi connectivity index (χ0v) is 16.3. The Morgan fingerprint density at radius 1 is 1.27 bits per heavy atom. The van der Waals surface area contributed by atoms with Crippen LogP contribution < -0.4 is 14.8 Å². The first-order chi connectivity index (χ1) is 14.5. The van der Waals surface area contributed by atoms with E-state index in [0.29, 0.717) is 5.69 Å². The molecule has 2 aromatic carbocycles. The monoisotopic (exact) mass is 434 g/mol. The molecule has 3 aromatic rings. The molecule has 0 saturated carbocycles. The molecule has 12 heteroatoms. The first-order valence-corrected chi connectivity index (χ1v) is 9.39. The number of para-hydroxylation sites is 1. The molecule has 1 N–H and O–H groups in total. The molecule has 0 bridgehead atoms. The molecule has 0 unspecified atom stereocenters. The summed E-state index contributed by atoms with van der Waals surface area (Å²) in [7, 11) is 1.34. The maximum absolute atomic E-state index is 13.5. The highest BCUT2D eigenvalue weighted by atomic mass is 32.2. The van der Waals surface area contributed by atoms with Crippen LogP contribution in [0, 0.1) is 15.9 Å². The highest BCUT2D eigenvalue weighted by Crippen LogP contribution is 2.29. The van der Waals surface area contributed by atoms with Crippen molar-refractivity contribution in [3.05, 3.63) is 64.3 Å². The number of ether oxygens (including phenoxy) is 2. The summed E-state index contributed by atoms with van der Waals surface area (Å²) in [5, 5.41) is 21.1. The fourth-order valence-electron chi connectivity index (χ4n) is 2.27. The van der Waals surface area contributed by atoms with E-state index >= 15 is 0 Å². The Labute approximate surface area is 173 Å². The number of nitrogens with one attached hydrogen (secondary N) is 1. The molecule has 0 saturated heterocycles. The smallest absolute Gasteiger partial charge is 0.277 e. The highest BCUT2D eigenvalue weighted by Gasteiger charge is 2.15. The second kappa shape index (κ2) is 9.69. The lowest BCUT2D eigenvalue weighted by molar-refractivity contribution is -0.384. The largest absolute Gasteiger partial charge is 0.494 e. The van der Waals surface area contributed by atoms with Gasteiger partial charge in [0.1, 0.15) is 5.75 Å². The topological polar surface area (TPSA) is 130 Å². The van der Waals surface area contributed by atoms with Gasteiger partial charge < -0.3 is 19.2 Å². The molecule has 0 aliphatic heterocycles. The number of thioether (sulfide) groups is 1. The van der Waals surface area contributed by atoms with Crippen LogP contribution in [0.25, 0.3) is 0 Å². The lowest BCUT2D eigenvalue weighted by Gasteiger charge is -2.09. The van der Waals surface area contributed by atoms with Crippen molar-refractivity contribution in [2.45, 2.75) is 11.8 Å². The summed E-state index contributed by atoms with van der Waals surface area (Å²) < 4.78 is 29.2. The van der Waals surface area contributed by atoms with Gasteiger partial charge in [0.25, 0.3) is 16.8 Å². The Bertz CT molecular complexity index is 1060.